The van der Waals surface area contributed by atoms with Crippen LogP contribution in [0.5, 0.6) is 5.75 Å². The molecule has 28 heavy (non-hydrogen) atoms. The number of amides is 1. The fraction of sp³-hybridized carbons (Fsp3) is 0.353. The first-order valence-corrected chi connectivity index (χ1v) is 8.29. The molecule has 4 bridgehead atoms. The lowest BCUT2D eigenvalue weighted by Crippen LogP contribution is -2.29. The van der Waals surface area contributed by atoms with Crippen LogP contribution in [-0.4, -0.2) is 48.0 Å². The van der Waals surface area contributed by atoms with Gasteiger partial charge in [-0.05, 0) is 18.6 Å². The Labute approximate surface area is 157 Å². The predicted molar refractivity (Wildman–Crippen MR) is 93.3 cm³/mol. The van der Waals surface area contributed by atoms with E-state index in [2.05, 4.69) is 20.6 Å². The highest BCUT2D eigenvalue weighted by molar-refractivity contribution is 5.95. The van der Waals surface area contributed by atoms with Gasteiger partial charge in [0.2, 0.25) is 5.95 Å². The van der Waals surface area contributed by atoms with Crippen molar-refractivity contribution in [1.29, 1.82) is 0 Å². The molecule has 1 aromatic carbocycles. The molecule has 1 amide bonds. The maximum absolute atomic E-state index is 14.4. The Balaban J connectivity index is 2.13. The first-order chi connectivity index (χ1) is 13.2. The van der Waals surface area contributed by atoms with Crippen LogP contribution in [0.1, 0.15) is 22.3 Å². The number of halogens is 4. The van der Waals surface area contributed by atoms with Crippen molar-refractivity contribution in [2.24, 2.45) is 0 Å². The molecule has 2 N–H and O–H groups in total. The summed E-state index contributed by atoms with van der Waals surface area (Å²) < 4.78 is 59.0. The summed E-state index contributed by atoms with van der Waals surface area (Å²) in [4.78, 5) is 21.4. The number of aromatic nitrogens is 2. The monoisotopic (exact) mass is 399 g/mol. The summed E-state index contributed by atoms with van der Waals surface area (Å²) in [7, 11) is 2.75. The highest BCUT2D eigenvalue weighted by Gasteiger charge is 2.35. The highest BCUT2D eigenvalue weighted by Crippen LogP contribution is 2.36. The molecular weight excluding hydrogens is 382 g/mol. The van der Waals surface area contributed by atoms with Crippen molar-refractivity contribution in [2.45, 2.75) is 12.6 Å². The van der Waals surface area contributed by atoms with E-state index in [-0.39, 0.29) is 36.0 Å². The summed E-state index contributed by atoms with van der Waals surface area (Å²) in [6, 6.07) is 2.38. The van der Waals surface area contributed by atoms with Gasteiger partial charge in [0, 0.05) is 31.9 Å². The molecule has 150 valence electrons. The van der Waals surface area contributed by atoms with Crippen LogP contribution in [0.3, 0.4) is 0 Å². The third-order valence-corrected chi connectivity index (χ3v) is 4.14. The zero-order chi connectivity index (χ0) is 20.5. The van der Waals surface area contributed by atoms with E-state index in [0.717, 1.165) is 6.07 Å². The normalized spacial score (nSPS) is 14.9. The van der Waals surface area contributed by atoms with E-state index in [0.29, 0.717) is 12.6 Å². The molecule has 1 aliphatic rings. The molecule has 2 heterocycles. The Bertz CT molecular complexity index is 904. The third kappa shape index (κ3) is 3.92. The Morgan fingerprint density at radius 1 is 1.29 bits per heavy atom. The van der Waals surface area contributed by atoms with Crippen LogP contribution in [0.2, 0.25) is 0 Å². The van der Waals surface area contributed by atoms with E-state index in [1.165, 1.54) is 25.1 Å². The lowest BCUT2D eigenvalue weighted by atomic mass is 10.1. The van der Waals surface area contributed by atoms with Crippen LogP contribution in [0.4, 0.5) is 35.0 Å². The van der Waals surface area contributed by atoms with Crippen molar-refractivity contribution < 1.29 is 27.1 Å². The van der Waals surface area contributed by atoms with E-state index in [9.17, 15) is 22.4 Å². The molecule has 7 nitrogen and oxygen atoms in total. The maximum atomic E-state index is 14.4. The van der Waals surface area contributed by atoms with Crippen LogP contribution in [-0.2, 0) is 6.18 Å². The van der Waals surface area contributed by atoms with E-state index in [1.54, 1.807) is 0 Å². The second-order valence-corrected chi connectivity index (χ2v) is 6.12. The zero-order valence-corrected chi connectivity index (χ0v) is 15.0. The zero-order valence-electron chi connectivity index (χ0n) is 15.0. The van der Waals surface area contributed by atoms with Gasteiger partial charge in [-0.1, -0.05) is 0 Å². The van der Waals surface area contributed by atoms with Crippen molar-refractivity contribution in [1.82, 2.24) is 14.9 Å². The van der Waals surface area contributed by atoms with Gasteiger partial charge in [-0.25, -0.2) is 9.37 Å². The van der Waals surface area contributed by atoms with Crippen molar-refractivity contribution in [2.75, 3.05) is 37.9 Å². The van der Waals surface area contributed by atoms with E-state index >= 15 is 0 Å². The molecule has 11 heteroatoms. The predicted octanol–water partition coefficient (Wildman–Crippen LogP) is 3.27. The largest absolute Gasteiger partial charge is 0.492 e. The number of nitrogens with zero attached hydrogens (tertiary/aromatic N) is 3. The Hall–Kier alpha value is -3.11. The van der Waals surface area contributed by atoms with Crippen LogP contribution in [0, 0.1) is 5.82 Å². The SMILES string of the molecule is COc1c(F)cc2cc1Nc1ncc(C(F)(F)F)c(n1)NCCCN(C)C2=O. The first-order valence-electron chi connectivity index (χ1n) is 8.29. The van der Waals surface area contributed by atoms with Crippen molar-refractivity contribution in [3.05, 3.63) is 35.3 Å². The molecule has 2 aromatic rings. The number of anilines is 3. The van der Waals surface area contributed by atoms with Gasteiger partial charge in [-0.15, -0.1) is 0 Å². The summed E-state index contributed by atoms with van der Waals surface area (Å²) in [5, 5.41) is 5.26. The summed E-state index contributed by atoms with van der Waals surface area (Å²) in [6.45, 7) is 0.397. The molecule has 0 aliphatic carbocycles. The van der Waals surface area contributed by atoms with Gasteiger partial charge in [0.05, 0.1) is 12.8 Å². The Morgan fingerprint density at radius 2 is 2.04 bits per heavy atom. The number of benzene rings is 1. The van der Waals surface area contributed by atoms with E-state index in [1.807, 2.05) is 0 Å². The molecule has 0 radical (unpaired) electrons. The van der Waals surface area contributed by atoms with Crippen LogP contribution >= 0.6 is 0 Å². The summed E-state index contributed by atoms with van der Waals surface area (Å²) in [6.07, 6.45) is -3.65. The van der Waals surface area contributed by atoms with E-state index < -0.39 is 29.3 Å². The van der Waals surface area contributed by atoms with Gasteiger partial charge in [0.15, 0.2) is 11.6 Å². The quantitative estimate of drug-likeness (QED) is 0.717. The summed E-state index contributed by atoms with van der Waals surface area (Å²) in [5.74, 6) is -2.07. The number of carbonyl (C=O) groups excluding carboxylic acids is 1. The van der Waals surface area contributed by atoms with Crippen LogP contribution < -0.4 is 15.4 Å². The minimum atomic E-state index is -4.65. The number of methoxy groups -OCH3 is 1. The number of rotatable bonds is 1. The number of hydrogen-bond donors (Lipinski definition) is 2. The molecule has 0 unspecified atom stereocenters. The number of carbonyl (C=O) groups is 1. The van der Waals surface area contributed by atoms with Crippen LogP contribution in [0.25, 0.3) is 0 Å². The number of fused-ring (bicyclic) bond motifs is 4. The van der Waals surface area contributed by atoms with Gasteiger partial charge in [0.1, 0.15) is 11.4 Å². The molecule has 0 saturated heterocycles. The van der Waals surface area contributed by atoms with Gasteiger partial charge in [-0.3, -0.25) is 4.79 Å². The minimum Gasteiger partial charge on any atom is -0.492 e. The summed E-state index contributed by atoms with van der Waals surface area (Å²) in [5.41, 5.74) is -0.948. The molecule has 1 aromatic heterocycles. The van der Waals surface area contributed by atoms with Crippen molar-refractivity contribution in [3.63, 3.8) is 0 Å². The topological polar surface area (TPSA) is 79.4 Å². The highest BCUT2D eigenvalue weighted by atomic mass is 19.4. The van der Waals surface area contributed by atoms with Gasteiger partial charge in [0.25, 0.3) is 5.91 Å². The number of ether oxygens (including phenoxy) is 1. The Kier molecular flexibility index (Phi) is 5.25. The molecule has 0 fully saturated rings. The molecule has 0 atom stereocenters. The number of hydrogen-bond acceptors (Lipinski definition) is 6. The number of alkyl halides is 3. The molecule has 1 aliphatic heterocycles. The van der Waals surface area contributed by atoms with E-state index in [4.69, 9.17) is 4.74 Å². The summed E-state index contributed by atoms with van der Waals surface area (Å²) >= 11 is 0. The van der Waals surface area contributed by atoms with Gasteiger partial charge >= 0.3 is 6.18 Å². The maximum Gasteiger partial charge on any atom is 0.421 e. The number of nitrogens with one attached hydrogen (secondary N) is 2. The third-order valence-electron chi connectivity index (χ3n) is 4.14. The lowest BCUT2D eigenvalue weighted by Gasteiger charge is -2.18. The fourth-order valence-corrected chi connectivity index (χ4v) is 2.77. The average molecular weight is 399 g/mol. The van der Waals surface area contributed by atoms with Gasteiger partial charge in [-0.2, -0.15) is 18.2 Å². The Morgan fingerprint density at radius 3 is 2.71 bits per heavy atom. The molecule has 3 rings (SSSR count). The van der Waals surface area contributed by atoms with Crippen molar-refractivity contribution >= 4 is 23.4 Å². The second kappa shape index (κ2) is 7.49. The molecular formula is C17H17F4N5O2. The minimum absolute atomic E-state index is 0.0178. The fourth-order valence-electron chi connectivity index (χ4n) is 2.77. The smallest absolute Gasteiger partial charge is 0.421 e. The van der Waals surface area contributed by atoms with Gasteiger partial charge < -0.3 is 20.3 Å². The van der Waals surface area contributed by atoms with Crippen molar-refractivity contribution in [3.8, 4) is 5.75 Å². The standard InChI is InChI=1S/C17H17F4N5O2/c1-26-5-3-4-22-14-10(17(19,20)21)8-23-16(25-14)24-12-7-9(15(26)27)6-11(18)13(12)28-2/h6-8H,3-5H2,1-2H3,(H2,22,23,24,25). The second-order valence-electron chi connectivity index (χ2n) is 6.12. The molecule has 0 saturated carbocycles. The average Bonchev–Trinajstić information content (AvgIpc) is 2.63. The molecule has 0 spiro atoms. The van der Waals surface area contributed by atoms with Crippen LogP contribution in [0.15, 0.2) is 18.3 Å². The first kappa shape index (κ1) is 19.6. The lowest BCUT2D eigenvalue weighted by molar-refractivity contribution is -0.137.